The van der Waals surface area contributed by atoms with Gasteiger partial charge in [0.15, 0.2) is 0 Å². The summed E-state index contributed by atoms with van der Waals surface area (Å²) in [5, 5.41) is 2.50. The number of likely N-dealkylation sites (N-methyl/N-ethyl adjacent to an activating group) is 1. The van der Waals surface area contributed by atoms with Gasteiger partial charge in [-0.05, 0) is 30.3 Å². The van der Waals surface area contributed by atoms with Crippen molar-refractivity contribution in [1.29, 1.82) is 0 Å². The summed E-state index contributed by atoms with van der Waals surface area (Å²) in [4.78, 5) is 25.1. The maximum absolute atomic E-state index is 12.5. The first-order valence-corrected chi connectivity index (χ1v) is 10.5. The highest BCUT2D eigenvalue weighted by atomic mass is 35.5. The fourth-order valence-electron chi connectivity index (χ4n) is 2.20. The molecule has 2 aromatic carbocycles. The van der Waals surface area contributed by atoms with Gasteiger partial charge in [-0.25, -0.2) is 13.1 Å². The summed E-state index contributed by atoms with van der Waals surface area (Å²) in [5.74, 6) is -0.322. The van der Waals surface area contributed by atoms with Crippen molar-refractivity contribution in [3.8, 4) is 5.75 Å². The number of amides is 2. The lowest BCUT2D eigenvalue weighted by Crippen LogP contribution is -2.36. The summed E-state index contributed by atoms with van der Waals surface area (Å²) in [6.45, 7) is -0.0518. The maximum Gasteiger partial charge on any atom is 0.253 e. The third-order valence-corrected chi connectivity index (χ3v) is 5.59. The molecule has 0 aliphatic heterocycles. The average Bonchev–Trinajstić information content (AvgIpc) is 2.70. The molecule has 0 saturated heterocycles. The lowest BCUT2D eigenvalue weighted by Gasteiger charge is -2.13. The van der Waals surface area contributed by atoms with E-state index in [1.807, 2.05) is 18.2 Å². The van der Waals surface area contributed by atoms with Crippen molar-refractivity contribution in [1.82, 2.24) is 14.9 Å². The molecule has 2 aromatic rings. The van der Waals surface area contributed by atoms with Crippen LogP contribution < -0.4 is 14.8 Å². The molecule has 156 valence electrons. The van der Waals surface area contributed by atoms with Gasteiger partial charge in [-0.2, -0.15) is 0 Å². The van der Waals surface area contributed by atoms with Gasteiger partial charge in [-0.15, -0.1) is 0 Å². The molecule has 0 aliphatic rings. The molecule has 0 bridgehead atoms. The first kappa shape index (κ1) is 22.7. The molecule has 10 heteroatoms. The Bertz CT molecular complexity index is 965. The molecule has 2 N–H and O–H groups in total. The SMILES string of the molecule is CN(C)C(=O)CNC(=O)c1cc(S(=O)(=O)NCCOc2ccccc2)ccc1Cl. The number of hydrogen-bond acceptors (Lipinski definition) is 5. The molecule has 0 spiro atoms. The molecule has 0 atom stereocenters. The second-order valence-corrected chi connectivity index (χ2v) is 8.35. The smallest absolute Gasteiger partial charge is 0.253 e. The van der Waals surface area contributed by atoms with Crippen LogP contribution in [0.5, 0.6) is 5.75 Å². The van der Waals surface area contributed by atoms with Crippen LogP contribution in [0.1, 0.15) is 10.4 Å². The van der Waals surface area contributed by atoms with Crippen LogP contribution in [0.2, 0.25) is 5.02 Å². The second kappa shape index (κ2) is 10.2. The number of halogens is 1. The number of nitrogens with one attached hydrogen (secondary N) is 2. The fraction of sp³-hybridized carbons (Fsp3) is 0.263. The predicted octanol–water partition coefficient (Wildman–Crippen LogP) is 1.52. The van der Waals surface area contributed by atoms with Crippen molar-refractivity contribution < 1.29 is 22.7 Å². The Hall–Kier alpha value is -2.62. The number of carbonyl (C=O) groups is 2. The van der Waals surface area contributed by atoms with Crippen molar-refractivity contribution in [2.45, 2.75) is 4.90 Å². The monoisotopic (exact) mass is 439 g/mol. The molecule has 2 amide bonds. The normalized spacial score (nSPS) is 11.0. The van der Waals surface area contributed by atoms with Crippen molar-refractivity contribution in [3.05, 3.63) is 59.1 Å². The number of carbonyl (C=O) groups excluding carboxylic acids is 2. The first-order chi connectivity index (χ1) is 13.7. The second-order valence-electron chi connectivity index (χ2n) is 6.17. The van der Waals surface area contributed by atoms with E-state index >= 15 is 0 Å². The number of sulfonamides is 1. The lowest BCUT2D eigenvalue weighted by molar-refractivity contribution is -0.127. The summed E-state index contributed by atoms with van der Waals surface area (Å²) in [6, 6.07) is 12.8. The minimum absolute atomic E-state index is 0.0402. The minimum atomic E-state index is -3.88. The van der Waals surface area contributed by atoms with E-state index in [-0.39, 0.29) is 41.1 Å². The summed E-state index contributed by atoms with van der Waals surface area (Å²) in [6.07, 6.45) is 0. The summed E-state index contributed by atoms with van der Waals surface area (Å²) in [7, 11) is -0.761. The number of hydrogen-bond donors (Lipinski definition) is 2. The van der Waals surface area contributed by atoms with E-state index in [4.69, 9.17) is 16.3 Å². The predicted molar refractivity (Wildman–Crippen MR) is 110 cm³/mol. The third kappa shape index (κ3) is 6.74. The van der Waals surface area contributed by atoms with Gasteiger partial charge in [0.25, 0.3) is 5.91 Å². The highest BCUT2D eigenvalue weighted by Gasteiger charge is 2.19. The number of rotatable bonds is 9. The maximum atomic E-state index is 12.5. The number of ether oxygens (including phenoxy) is 1. The Labute approximate surface area is 174 Å². The van der Waals surface area contributed by atoms with Crippen LogP contribution in [0.3, 0.4) is 0 Å². The van der Waals surface area contributed by atoms with E-state index in [1.54, 1.807) is 26.2 Å². The molecule has 0 unspecified atom stereocenters. The molecule has 0 aromatic heterocycles. The van der Waals surface area contributed by atoms with Crippen LogP contribution in [0, 0.1) is 0 Å². The van der Waals surface area contributed by atoms with Crippen LogP contribution in [0.4, 0.5) is 0 Å². The van der Waals surface area contributed by atoms with E-state index in [0.29, 0.717) is 5.75 Å². The molecule has 0 radical (unpaired) electrons. The summed E-state index contributed by atoms with van der Waals surface area (Å²) < 4.78 is 32.8. The minimum Gasteiger partial charge on any atom is -0.492 e. The Morgan fingerprint density at radius 2 is 1.79 bits per heavy atom. The molecule has 0 fully saturated rings. The number of nitrogens with zero attached hydrogens (tertiary/aromatic N) is 1. The van der Waals surface area contributed by atoms with E-state index < -0.39 is 15.9 Å². The quantitative estimate of drug-likeness (QED) is 0.576. The van der Waals surface area contributed by atoms with Gasteiger partial charge in [-0.1, -0.05) is 29.8 Å². The Kier molecular flexibility index (Phi) is 8.00. The lowest BCUT2D eigenvalue weighted by atomic mass is 10.2. The zero-order valence-corrected chi connectivity index (χ0v) is 17.6. The van der Waals surface area contributed by atoms with E-state index in [0.717, 1.165) is 6.07 Å². The topological polar surface area (TPSA) is 105 Å². The number of para-hydroxylation sites is 1. The average molecular weight is 440 g/mol. The molecule has 29 heavy (non-hydrogen) atoms. The van der Waals surface area contributed by atoms with Crippen molar-refractivity contribution in [2.75, 3.05) is 33.8 Å². The molecule has 2 rings (SSSR count). The van der Waals surface area contributed by atoms with E-state index in [1.165, 1.54) is 17.0 Å². The standard InChI is InChI=1S/C19H22ClN3O5S/c1-23(2)18(24)13-21-19(25)16-12-15(8-9-17(16)20)29(26,27)22-10-11-28-14-6-4-3-5-7-14/h3-9,12,22H,10-11,13H2,1-2H3,(H,21,25). The molecule has 8 nitrogen and oxygen atoms in total. The first-order valence-electron chi connectivity index (χ1n) is 8.66. The summed E-state index contributed by atoms with van der Waals surface area (Å²) in [5.41, 5.74) is -0.0402. The van der Waals surface area contributed by atoms with E-state index in [2.05, 4.69) is 10.0 Å². The van der Waals surface area contributed by atoms with Crippen LogP contribution in [0.15, 0.2) is 53.4 Å². The Morgan fingerprint density at radius 1 is 1.10 bits per heavy atom. The van der Waals surface area contributed by atoms with Crippen molar-refractivity contribution >= 4 is 33.4 Å². The largest absolute Gasteiger partial charge is 0.492 e. The van der Waals surface area contributed by atoms with E-state index in [9.17, 15) is 18.0 Å². The third-order valence-electron chi connectivity index (χ3n) is 3.80. The zero-order chi connectivity index (χ0) is 21.4. The van der Waals surface area contributed by atoms with Crippen LogP contribution in [-0.2, 0) is 14.8 Å². The highest BCUT2D eigenvalue weighted by Crippen LogP contribution is 2.20. The van der Waals surface area contributed by atoms with Crippen molar-refractivity contribution in [3.63, 3.8) is 0 Å². The van der Waals surface area contributed by atoms with Gasteiger partial charge >= 0.3 is 0 Å². The fourth-order valence-corrected chi connectivity index (χ4v) is 3.44. The molecule has 0 heterocycles. The zero-order valence-electron chi connectivity index (χ0n) is 16.0. The van der Waals surface area contributed by atoms with Crippen LogP contribution >= 0.6 is 11.6 Å². The van der Waals surface area contributed by atoms with Gasteiger partial charge in [0, 0.05) is 20.6 Å². The molecular weight excluding hydrogens is 418 g/mol. The van der Waals surface area contributed by atoms with Gasteiger partial charge < -0.3 is 15.0 Å². The summed E-state index contributed by atoms with van der Waals surface area (Å²) >= 11 is 6.02. The van der Waals surface area contributed by atoms with Crippen molar-refractivity contribution in [2.24, 2.45) is 0 Å². The molecular formula is C19H22ClN3O5S. The number of benzene rings is 2. The van der Waals surface area contributed by atoms with Crippen LogP contribution in [0.25, 0.3) is 0 Å². The van der Waals surface area contributed by atoms with Gasteiger partial charge in [-0.3, -0.25) is 9.59 Å². The Morgan fingerprint density at radius 3 is 2.45 bits per heavy atom. The highest BCUT2D eigenvalue weighted by molar-refractivity contribution is 7.89. The van der Waals surface area contributed by atoms with Gasteiger partial charge in [0.1, 0.15) is 12.4 Å². The van der Waals surface area contributed by atoms with Gasteiger partial charge in [0.05, 0.1) is 22.0 Å². The van der Waals surface area contributed by atoms with Gasteiger partial charge in [0.2, 0.25) is 15.9 Å². The van der Waals surface area contributed by atoms with Crippen LogP contribution in [-0.4, -0.2) is 58.9 Å². The Balaban J connectivity index is 2.00. The molecule has 0 saturated carbocycles. The molecule has 0 aliphatic carbocycles.